The number of ether oxygens (including phenoxy) is 1. The molecule has 16 heavy (non-hydrogen) atoms. The third kappa shape index (κ3) is 4.96. The summed E-state index contributed by atoms with van der Waals surface area (Å²) in [7, 11) is 1.97. The van der Waals surface area contributed by atoms with Crippen LogP contribution in [0.2, 0.25) is 0 Å². The van der Waals surface area contributed by atoms with Gasteiger partial charge in [-0.3, -0.25) is 4.68 Å². The lowest BCUT2D eigenvalue weighted by Gasteiger charge is -2.05. The fraction of sp³-hybridized carbons (Fsp3) is 0.727. The molecule has 0 spiro atoms. The summed E-state index contributed by atoms with van der Waals surface area (Å²) in [5.74, 6) is 0.571. The highest BCUT2D eigenvalue weighted by atomic mass is 35.5. The lowest BCUT2D eigenvalue weighted by molar-refractivity contribution is 0.146. The molecule has 0 aliphatic carbocycles. The van der Waals surface area contributed by atoms with Gasteiger partial charge in [-0.15, -0.1) is 11.6 Å². The molecule has 0 amide bonds. The molecule has 0 fully saturated rings. The van der Waals surface area contributed by atoms with Crippen LogP contribution >= 0.6 is 11.6 Å². The molecule has 1 aromatic heterocycles. The number of alkyl halides is 1. The Morgan fingerprint density at radius 2 is 2.31 bits per heavy atom. The fourth-order valence-electron chi connectivity index (χ4n) is 1.50. The van der Waals surface area contributed by atoms with Crippen molar-refractivity contribution in [1.29, 1.82) is 0 Å². The molecule has 1 heterocycles. The zero-order valence-electron chi connectivity index (χ0n) is 10.0. The molecule has 0 radical (unpaired) electrons. The predicted molar refractivity (Wildman–Crippen MR) is 65.8 cm³/mol. The predicted octanol–water partition coefficient (Wildman–Crippen LogP) is 1.46. The Labute approximate surface area is 102 Å². The number of hydrogen-bond donors (Lipinski definition) is 1. The minimum atomic E-state index is 0.571. The van der Waals surface area contributed by atoms with Gasteiger partial charge in [-0.25, -0.2) is 0 Å². The number of rotatable bonds is 8. The maximum atomic E-state index is 5.49. The van der Waals surface area contributed by atoms with Crippen molar-refractivity contribution in [2.75, 3.05) is 25.6 Å². The second-order valence-electron chi connectivity index (χ2n) is 3.73. The van der Waals surface area contributed by atoms with Gasteiger partial charge >= 0.3 is 0 Å². The Morgan fingerprint density at radius 1 is 1.50 bits per heavy atom. The van der Waals surface area contributed by atoms with E-state index in [2.05, 4.69) is 16.5 Å². The number of halogens is 1. The normalized spacial score (nSPS) is 10.9. The summed E-state index contributed by atoms with van der Waals surface area (Å²) < 4.78 is 7.18. The second kappa shape index (κ2) is 7.65. The molecule has 1 aromatic rings. The highest BCUT2D eigenvalue weighted by molar-refractivity contribution is 6.17. The van der Waals surface area contributed by atoms with Gasteiger partial charge in [-0.05, 0) is 26.0 Å². The van der Waals surface area contributed by atoms with Crippen LogP contribution in [0.25, 0.3) is 0 Å². The van der Waals surface area contributed by atoms with E-state index in [0.717, 1.165) is 31.8 Å². The van der Waals surface area contributed by atoms with Gasteiger partial charge in [0.25, 0.3) is 0 Å². The number of aryl methyl sites for hydroxylation is 2. The largest absolute Gasteiger partial charge is 0.380 e. The first-order chi connectivity index (χ1) is 7.74. The van der Waals surface area contributed by atoms with E-state index in [1.165, 1.54) is 5.69 Å². The third-order valence-corrected chi connectivity index (χ3v) is 2.42. The van der Waals surface area contributed by atoms with E-state index in [9.17, 15) is 0 Å². The zero-order chi connectivity index (χ0) is 11.8. The van der Waals surface area contributed by atoms with Crippen LogP contribution in [0.4, 0.5) is 0 Å². The minimum absolute atomic E-state index is 0.571. The van der Waals surface area contributed by atoms with Crippen molar-refractivity contribution < 1.29 is 4.74 Å². The second-order valence-corrected chi connectivity index (χ2v) is 4.11. The van der Waals surface area contributed by atoms with Crippen LogP contribution in [0.15, 0.2) is 6.07 Å². The van der Waals surface area contributed by atoms with E-state index >= 15 is 0 Å². The lowest BCUT2D eigenvalue weighted by atomic mass is 10.3. The number of hydrogen-bond acceptors (Lipinski definition) is 3. The van der Waals surface area contributed by atoms with Crippen molar-refractivity contribution in [3.8, 4) is 0 Å². The summed E-state index contributed by atoms with van der Waals surface area (Å²) in [5.41, 5.74) is 2.27. The van der Waals surface area contributed by atoms with E-state index < -0.39 is 0 Å². The van der Waals surface area contributed by atoms with E-state index in [4.69, 9.17) is 16.3 Å². The first kappa shape index (κ1) is 13.5. The molecule has 0 saturated carbocycles. The maximum absolute atomic E-state index is 5.49. The minimum Gasteiger partial charge on any atom is -0.380 e. The summed E-state index contributed by atoms with van der Waals surface area (Å²) in [4.78, 5) is 0. The summed E-state index contributed by atoms with van der Waals surface area (Å²) in [6.07, 6.45) is 1.01. The smallest absolute Gasteiger partial charge is 0.0601 e. The van der Waals surface area contributed by atoms with Crippen LogP contribution in [0, 0.1) is 6.92 Å². The van der Waals surface area contributed by atoms with Crippen molar-refractivity contribution in [2.45, 2.75) is 19.9 Å². The molecule has 1 rings (SSSR count). The third-order valence-electron chi connectivity index (χ3n) is 2.27. The highest BCUT2D eigenvalue weighted by Crippen LogP contribution is 2.00. The molecular formula is C11H20ClN3O. The molecular weight excluding hydrogens is 226 g/mol. The number of aromatic nitrogens is 2. The zero-order valence-corrected chi connectivity index (χ0v) is 10.8. The van der Waals surface area contributed by atoms with Crippen LogP contribution in [-0.2, 0) is 18.3 Å². The quantitative estimate of drug-likeness (QED) is 0.557. The molecule has 0 aromatic carbocycles. The van der Waals surface area contributed by atoms with Crippen molar-refractivity contribution in [3.63, 3.8) is 0 Å². The van der Waals surface area contributed by atoms with Crippen LogP contribution in [-0.4, -0.2) is 35.4 Å². The number of nitrogens with one attached hydrogen (secondary N) is 1. The van der Waals surface area contributed by atoms with E-state index in [0.29, 0.717) is 12.5 Å². The Hall–Kier alpha value is -0.580. The van der Waals surface area contributed by atoms with Crippen LogP contribution < -0.4 is 5.32 Å². The average Bonchev–Trinajstić information content (AvgIpc) is 2.56. The van der Waals surface area contributed by atoms with Gasteiger partial charge in [-0.2, -0.15) is 5.10 Å². The molecule has 0 unspecified atom stereocenters. The Bertz CT molecular complexity index is 301. The van der Waals surface area contributed by atoms with Gasteiger partial charge in [-0.1, -0.05) is 0 Å². The van der Waals surface area contributed by atoms with Gasteiger partial charge in [0.2, 0.25) is 0 Å². The standard InChI is InChI=1S/C11H20ClN3O/c1-10-8-11(15(2)14-10)9-13-5-3-6-16-7-4-12/h8,13H,3-7,9H2,1-2H3. The van der Waals surface area contributed by atoms with Crippen molar-refractivity contribution in [1.82, 2.24) is 15.1 Å². The Kier molecular flexibility index (Phi) is 6.45. The molecule has 0 atom stereocenters. The summed E-state index contributed by atoms with van der Waals surface area (Å²) in [5, 5.41) is 7.65. The van der Waals surface area contributed by atoms with Gasteiger partial charge in [0.15, 0.2) is 0 Å². The Balaban J connectivity index is 2.05. The van der Waals surface area contributed by atoms with Crippen LogP contribution in [0.3, 0.4) is 0 Å². The van der Waals surface area contributed by atoms with Gasteiger partial charge < -0.3 is 10.1 Å². The summed E-state index contributed by atoms with van der Waals surface area (Å²) >= 11 is 5.49. The van der Waals surface area contributed by atoms with Crippen LogP contribution in [0.5, 0.6) is 0 Å². The highest BCUT2D eigenvalue weighted by Gasteiger charge is 2.00. The number of nitrogens with zero attached hydrogens (tertiary/aromatic N) is 2. The fourth-order valence-corrected chi connectivity index (χ4v) is 1.61. The first-order valence-corrected chi connectivity index (χ1v) is 6.11. The molecule has 1 N–H and O–H groups in total. The molecule has 0 aliphatic rings. The van der Waals surface area contributed by atoms with Crippen LogP contribution in [0.1, 0.15) is 17.8 Å². The lowest BCUT2D eigenvalue weighted by Crippen LogP contribution is -2.18. The van der Waals surface area contributed by atoms with Crippen molar-refractivity contribution >= 4 is 11.6 Å². The summed E-state index contributed by atoms with van der Waals surface area (Å²) in [6, 6.07) is 2.09. The SMILES string of the molecule is Cc1cc(CNCCCOCCCl)n(C)n1. The van der Waals surface area contributed by atoms with Gasteiger partial charge in [0.05, 0.1) is 18.0 Å². The first-order valence-electron chi connectivity index (χ1n) is 5.58. The van der Waals surface area contributed by atoms with Crippen molar-refractivity contribution in [3.05, 3.63) is 17.5 Å². The summed E-state index contributed by atoms with van der Waals surface area (Å²) in [6.45, 7) is 5.22. The van der Waals surface area contributed by atoms with E-state index in [-0.39, 0.29) is 0 Å². The molecule has 4 nitrogen and oxygen atoms in total. The monoisotopic (exact) mass is 245 g/mol. The molecule has 0 saturated heterocycles. The Morgan fingerprint density at radius 3 is 2.94 bits per heavy atom. The van der Waals surface area contributed by atoms with E-state index in [1.54, 1.807) is 0 Å². The van der Waals surface area contributed by atoms with E-state index in [1.807, 2.05) is 18.7 Å². The van der Waals surface area contributed by atoms with Gasteiger partial charge in [0, 0.05) is 26.1 Å². The molecule has 92 valence electrons. The van der Waals surface area contributed by atoms with Crippen molar-refractivity contribution in [2.24, 2.45) is 7.05 Å². The molecule has 5 heteroatoms. The molecule has 0 bridgehead atoms. The van der Waals surface area contributed by atoms with Gasteiger partial charge in [0.1, 0.15) is 0 Å². The average molecular weight is 246 g/mol. The topological polar surface area (TPSA) is 39.1 Å². The maximum Gasteiger partial charge on any atom is 0.0601 e. The molecule has 0 aliphatic heterocycles.